The molecular formula is C5H5BrN2S. The van der Waals surface area contributed by atoms with Crippen LogP contribution in [0.5, 0.6) is 0 Å². The molecule has 0 unspecified atom stereocenters. The quantitative estimate of drug-likeness (QED) is 0.548. The fraction of sp³-hybridized carbons (Fsp3) is 0.200. The van der Waals surface area contributed by atoms with Crippen LogP contribution in [-0.2, 0) is 0 Å². The lowest BCUT2D eigenvalue weighted by molar-refractivity contribution is 1.17. The molecule has 4 heteroatoms. The minimum atomic E-state index is 0.216. The molecule has 0 fully saturated rings. The topological polar surface area (TPSA) is 49.8 Å². The van der Waals surface area contributed by atoms with Gasteiger partial charge in [0.15, 0.2) is 0 Å². The molecule has 9 heavy (non-hydrogen) atoms. The first-order chi connectivity index (χ1) is 4.22. The third kappa shape index (κ3) is 3.22. The summed E-state index contributed by atoms with van der Waals surface area (Å²) in [5.74, 6) is 0. The second-order valence-electron chi connectivity index (χ2n) is 1.33. The molecule has 0 amide bonds. The first kappa shape index (κ1) is 8.60. The zero-order valence-corrected chi connectivity index (χ0v) is 7.00. The van der Waals surface area contributed by atoms with Gasteiger partial charge in [0, 0.05) is 15.5 Å². The second kappa shape index (κ2) is 4.48. The van der Waals surface area contributed by atoms with Crippen LogP contribution in [0.15, 0.2) is 10.2 Å². The monoisotopic (exact) mass is 204 g/mol. The van der Waals surface area contributed by atoms with Gasteiger partial charge in [0.05, 0.1) is 12.5 Å². The maximum atomic E-state index is 8.15. The number of thiocarbonyl (C=S) groups is 1. The molecule has 0 saturated heterocycles. The molecule has 0 atom stereocenters. The predicted molar refractivity (Wildman–Crippen MR) is 44.0 cm³/mol. The summed E-state index contributed by atoms with van der Waals surface area (Å²) < 4.78 is 0.624. The second-order valence-corrected chi connectivity index (χ2v) is 2.42. The number of nitriles is 1. The number of nitrogens with two attached hydrogens (primary N) is 1. The summed E-state index contributed by atoms with van der Waals surface area (Å²) in [6.45, 7) is 0. The number of halogens is 1. The summed E-state index contributed by atoms with van der Waals surface area (Å²) >= 11 is 7.63. The molecule has 0 aliphatic heterocycles. The highest BCUT2D eigenvalue weighted by Crippen LogP contribution is 2.07. The molecule has 0 aliphatic carbocycles. The van der Waals surface area contributed by atoms with Crippen LogP contribution in [0.4, 0.5) is 0 Å². The van der Waals surface area contributed by atoms with E-state index in [0.717, 1.165) is 0 Å². The fourth-order valence-electron chi connectivity index (χ4n) is 0.245. The Morgan fingerprint density at radius 3 is 2.78 bits per heavy atom. The Balaban J connectivity index is 4.14. The molecule has 0 heterocycles. The van der Waals surface area contributed by atoms with Crippen LogP contribution in [0.2, 0.25) is 0 Å². The summed E-state index contributed by atoms with van der Waals surface area (Å²) in [6.07, 6.45) is 0.216. The molecule has 0 aromatic heterocycles. The van der Waals surface area contributed by atoms with E-state index in [-0.39, 0.29) is 6.42 Å². The highest BCUT2D eigenvalue weighted by molar-refractivity contribution is 9.12. The molecular weight excluding hydrogens is 200 g/mol. The maximum absolute atomic E-state index is 8.15. The smallest absolute Gasteiger partial charge is 0.0758 e. The van der Waals surface area contributed by atoms with Gasteiger partial charge in [-0.1, -0.05) is 12.2 Å². The van der Waals surface area contributed by atoms with Crippen molar-refractivity contribution < 1.29 is 0 Å². The van der Waals surface area contributed by atoms with E-state index in [4.69, 9.17) is 11.0 Å². The Bertz CT molecular complexity index is 180. The van der Waals surface area contributed by atoms with Gasteiger partial charge >= 0.3 is 0 Å². The lowest BCUT2D eigenvalue weighted by Gasteiger charge is -1.92. The van der Waals surface area contributed by atoms with E-state index in [1.54, 1.807) is 0 Å². The zero-order valence-electron chi connectivity index (χ0n) is 4.60. The van der Waals surface area contributed by atoms with Crippen LogP contribution in [0.3, 0.4) is 0 Å². The minimum absolute atomic E-state index is 0.216. The van der Waals surface area contributed by atoms with E-state index in [9.17, 15) is 0 Å². The zero-order chi connectivity index (χ0) is 7.28. The van der Waals surface area contributed by atoms with Crippen molar-refractivity contribution in [3.8, 4) is 6.07 Å². The third-order valence-corrected chi connectivity index (χ3v) is 1.96. The standard InChI is InChI=1S/C5H5BrN2S/c6-4(3-9)5(8)1-2-7/h3H,1,8H2/b5-4+. The van der Waals surface area contributed by atoms with Gasteiger partial charge in [-0.3, -0.25) is 0 Å². The molecule has 0 aromatic carbocycles. The van der Waals surface area contributed by atoms with Crippen LogP contribution in [0.25, 0.3) is 0 Å². The number of hydrogen-bond donors (Lipinski definition) is 1. The van der Waals surface area contributed by atoms with Crippen LogP contribution in [0, 0.1) is 11.3 Å². The van der Waals surface area contributed by atoms with Crippen molar-refractivity contribution in [2.75, 3.05) is 0 Å². The molecule has 0 spiro atoms. The molecule has 0 saturated carbocycles. The number of rotatable bonds is 2. The van der Waals surface area contributed by atoms with Crippen molar-refractivity contribution in [3.63, 3.8) is 0 Å². The van der Waals surface area contributed by atoms with Crippen molar-refractivity contribution in [1.29, 1.82) is 5.26 Å². The van der Waals surface area contributed by atoms with Crippen molar-refractivity contribution in [1.82, 2.24) is 0 Å². The van der Waals surface area contributed by atoms with Gasteiger partial charge in [-0.15, -0.1) is 0 Å². The average molecular weight is 205 g/mol. The van der Waals surface area contributed by atoms with Gasteiger partial charge in [-0.2, -0.15) is 5.26 Å². The van der Waals surface area contributed by atoms with Crippen LogP contribution >= 0.6 is 28.1 Å². The van der Waals surface area contributed by atoms with E-state index >= 15 is 0 Å². The largest absolute Gasteiger partial charge is 0.400 e. The van der Waals surface area contributed by atoms with Gasteiger partial charge in [0.2, 0.25) is 0 Å². The van der Waals surface area contributed by atoms with Crippen LogP contribution in [-0.4, -0.2) is 5.37 Å². The summed E-state index contributed by atoms with van der Waals surface area (Å²) in [5.41, 5.74) is 5.83. The van der Waals surface area contributed by atoms with Crippen molar-refractivity contribution in [2.45, 2.75) is 6.42 Å². The van der Waals surface area contributed by atoms with Gasteiger partial charge in [0.1, 0.15) is 0 Å². The Morgan fingerprint density at radius 2 is 2.44 bits per heavy atom. The molecule has 48 valence electrons. The lowest BCUT2D eigenvalue weighted by Crippen LogP contribution is -1.98. The highest BCUT2D eigenvalue weighted by Gasteiger charge is 1.93. The molecule has 0 bridgehead atoms. The maximum Gasteiger partial charge on any atom is 0.0758 e. The summed E-state index contributed by atoms with van der Waals surface area (Å²) in [4.78, 5) is 0. The molecule has 2 nitrogen and oxygen atoms in total. The van der Waals surface area contributed by atoms with E-state index in [1.165, 1.54) is 5.37 Å². The first-order valence-electron chi connectivity index (χ1n) is 2.18. The summed E-state index contributed by atoms with van der Waals surface area (Å²) in [7, 11) is 0. The summed E-state index contributed by atoms with van der Waals surface area (Å²) in [6, 6.07) is 1.90. The van der Waals surface area contributed by atoms with E-state index < -0.39 is 0 Å². The number of allylic oxidation sites excluding steroid dienone is 2. The first-order valence-corrected chi connectivity index (χ1v) is 3.45. The van der Waals surface area contributed by atoms with Crippen LogP contribution < -0.4 is 5.73 Å². The van der Waals surface area contributed by atoms with E-state index in [2.05, 4.69) is 28.1 Å². The Morgan fingerprint density at radius 1 is 1.89 bits per heavy atom. The van der Waals surface area contributed by atoms with Gasteiger partial charge in [0.25, 0.3) is 0 Å². The van der Waals surface area contributed by atoms with Gasteiger partial charge in [-0.05, 0) is 15.9 Å². The molecule has 0 radical (unpaired) electrons. The summed E-state index contributed by atoms with van der Waals surface area (Å²) in [5, 5.41) is 9.54. The van der Waals surface area contributed by atoms with Crippen molar-refractivity contribution >= 4 is 33.5 Å². The Kier molecular flexibility index (Phi) is 4.28. The normalized spacial score (nSPS) is 11.6. The molecule has 0 aromatic rings. The number of nitrogens with zero attached hydrogens (tertiary/aromatic N) is 1. The van der Waals surface area contributed by atoms with Crippen LogP contribution in [0.1, 0.15) is 6.42 Å². The highest BCUT2D eigenvalue weighted by atomic mass is 79.9. The Hall–Kier alpha value is -0.400. The predicted octanol–water partition coefficient (Wildman–Crippen LogP) is 1.46. The lowest BCUT2D eigenvalue weighted by atomic mass is 10.3. The van der Waals surface area contributed by atoms with E-state index in [1.807, 2.05) is 6.07 Å². The number of hydrogen-bond acceptors (Lipinski definition) is 3. The van der Waals surface area contributed by atoms with E-state index in [0.29, 0.717) is 10.2 Å². The SMILES string of the molecule is N#CC/C(N)=C(\Br)C=S. The van der Waals surface area contributed by atoms with Gasteiger partial charge < -0.3 is 5.73 Å². The third-order valence-electron chi connectivity index (χ3n) is 0.680. The molecule has 0 aliphatic rings. The van der Waals surface area contributed by atoms with Gasteiger partial charge in [-0.25, -0.2) is 0 Å². The Labute approximate surface area is 67.5 Å². The molecule has 2 N–H and O–H groups in total. The molecule has 0 rings (SSSR count). The minimum Gasteiger partial charge on any atom is -0.400 e. The average Bonchev–Trinajstić information content (AvgIpc) is 1.87. The van der Waals surface area contributed by atoms with Crippen molar-refractivity contribution in [2.24, 2.45) is 5.73 Å². The van der Waals surface area contributed by atoms with Crippen molar-refractivity contribution in [3.05, 3.63) is 10.2 Å². The fourth-order valence-corrected chi connectivity index (χ4v) is 0.537.